The Balaban J connectivity index is -0.000000205. The molecule has 1 unspecified atom stereocenters. The first-order valence-electron chi connectivity index (χ1n) is 4.53. The molecule has 0 saturated carbocycles. The Kier molecular flexibility index (Phi) is 17.5. The van der Waals surface area contributed by atoms with Crippen molar-refractivity contribution in [3.8, 4) is 0 Å². The average Bonchev–Trinajstić information content (AvgIpc) is 2.12. The van der Waals surface area contributed by atoms with Gasteiger partial charge in [0.1, 0.15) is 0 Å². The van der Waals surface area contributed by atoms with E-state index >= 15 is 0 Å². The van der Waals surface area contributed by atoms with Gasteiger partial charge in [-0.3, -0.25) is 14.4 Å². The van der Waals surface area contributed by atoms with Crippen molar-refractivity contribution in [2.45, 2.75) is 32.8 Å². The number of carboxylic acid groups (broad SMARTS) is 3. The topological polar surface area (TPSA) is 152 Å². The highest BCUT2D eigenvalue weighted by atomic mass is 16.4. The maximum absolute atomic E-state index is 9.83. The number of carboxylic acids is 3. The van der Waals surface area contributed by atoms with Crippen LogP contribution in [0.25, 0.3) is 0 Å². The fourth-order valence-electron chi connectivity index (χ4n) is 0.381. The van der Waals surface area contributed by atoms with Crippen LogP contribution < -0.4 is 0 Å². The molecule has 0 aromatic heterocycles. The Morgan fingerprint density at radius 2 is 1.29 bits per heavy atom. The average molecular weight is 254 g/mol. The summed E-state index contributed by atoms with van der Waals surface area (Å²) in [6.07, 6.45) is -0.866. The zero-order valence-electron chi connectivity index (χ0n) is 9.66. The highest BCUT2D eigenvalue weighted by molar-refractivity contribution is 5.66. The molecule has 0 aromatic carbocycles. The summed E-state index contributed by atoms with van der Waals surface area (Å²) in [4.78, 5) is 27.8. The minimum absolute atomic E-state index is 0.0955. The quantitative estimate of drug-likeness (QED) is 0.445. The second kappa shape index (κ2) is 14.3. The summed E-state index contributed by atoms with van der Waals surface area (Å²) in [6.45, 7) is 1.80. The van der Waals surface area contributed by atoms with E-state index < -0.39 is 24.0 Å². The molecule has 0 aliphatic heterocycles. The van der Waals surface area contributed by atoms with E-state index in [4.69, 9.17) is 35.1 Å². The summed E-state index contributed by atoms with van der Waals surface area (Å²) >= 11 is 0. The predicted molar refractivity (Wildman–Crippen MR) is 56.6 cm³/mol. The molecular formula is C9H18O8. The first-order chi connectivity index (χ1) is 7.63. The number of rotatable bonds is 4. The molecule has 0 amide bonds. The maximum Gasteiger partial charge on any atom is 0.303 e. The molecule has 1 atom stereocenters. The maximum atomic E-state index is 9.83. The largest absolute Gasteiger partial charge is 0.481 e. The van der Waals surface area contributed by atoms with Crippen molar-refractivity contribution in [1.82, 2.24) is 0 Å². The molecule has 0 radical (unpaired) electrons. The Bertz CT molecular complexity index is 205. The molecule has 17 heavy (non-hydrogen) atoms. The van der Waals surface area contributed by atoms with Crippen LogP contribution in [0.5, 0.6) is 0 Å². The van der Waals surface area contributed by atoms with Crippen LogP contribution in [0, 0.1) is 0 Å². The van der Waals surface area contributed by atoms with Crippen LogP contribution in [0.15, 0.2) is 0 Å². The van der Waals surface area contributed by atoms with Gasteiger partial charge in [0, 0.05) is 20.3 Å². The Labute approximate surface area is 98.1 Å². The fourth-order valence-corrected chi connectivity index (χ4v) is 0.381. The lowest BCUT2D eigenvalue weighted by molar-refractivity contribution is -0.138. The molecule has 0 aromatic rings. The summed E-state index contributed by atoms with van der Waals surface area (Å²) in [5, 5.41) is 39.7. The lowest BCUT2D eigenvalue weighted by Crippen LogP contribution is -2.13. The zero-order chi connectivity index (χ0) is 14.4. The summed E-state index contributed by atoms with van der Waals surface area (Å²) in [7, 11) is 0. The smallest absolute Gasteiger partial charge is 0.303 e. The molecule has 0 aliphatic rings. The van der Waals surface area contributed by atoms with E-state index in [1.807, 2.05) is 0 Å². The van der Waals surface area contributed by atoms with Gasteiger partial charge in [-0.1, -0.05) is 0 Å². The van der Waals surface area contributed by atoms with E-state index in [-0.39, 0.29) is 19.4 Å². The number of hydrogen-bond acceptors (Lipinski definition) is 5. The molecule has 102 valence electrons. The molecule has 0 bridgehead atoms. The minimum Gasteiger partial charge on any atom is -0.481 e. The van der Waals surface area contributed by atoms with Gasteiger partial charge in [0.15, 0.2) is 0 Å². The van der Waals surface area contributed by atoms with Crippen molar-refractivity contribution in [3.63, 3.8) is 0 Å². The van der Waals surface area contributed by atoms with Crippen LogP contribution in [0.2, 0.25) is 0 Å². The van der Waals surface area contributed by atoms with Crippen molar-refractivity contribution in [3.05, 3.63) is 0 Å². The highest BCUT2D eigenvalue weighted by Crippen LogP contribution is 1.94. The minimum atomic E-state index is -0.956. The summed E-state index contributed by atoms with van der Waals surface area (Å²) in [5.41, 5.74) is 0. The SMILES string of the molecule is CC(=O)O.CC(=O)O.O=C(O)CCC(O)CO. The lowest BCUT2D eigenvalue weighted by atomic mass is 10.2. The van der Waals surface area contributed by atoms with E-state index in [9.17, 15) is 4.79 Å². The molecular weight excluding hydrogens is 236 g/mol. The van der Waals surface area contributed by atoms with E-state index in [1.165, 1.54) is 0 Å². The Morgan fingerprint density at radius 1 is 1.00 bits per heavy atom. The van der Waals surface area contributed by atoms with Gasteiger partial charge in [-0.15, -0.1) is 0 Å². The third kappa shape index (κ3) is 76.7. The normalized spacial score (nSPS) is 9.88. The number of hydrogen-bond donors (Lipinski definition) is 5. The summed E-state index contributed by atoms with van der Waals surface area (Å²) < 4.78 is 0. The number of aliphatic hydroxyl groups is 2. The molecule has 8 heteroatoms. The molecule has 0 heterocycles. The predicted octanol–water partition coefficient (Wildman–Crippen LogP) is -0.614. The molecule has 5 N–H and O–H groups in total. The second-order valence-electron chi connectivity index (χ2n) is 2.81. The van der Waals surface area contributed by atoms with Crippen LogP contribution >= 0.6 is 0 Å². The molecule has 0 fully saturated rings. The standard InChI is InChI=1S/C5H10O4.2C2H4O2/c6-3-4(7)1-2-5(8)9;2*1-2(3)4/h4,6-7H,1-3H2,(H,8,9);2*1H3,(H,3,4). The lowest BCUT2D eigenvalue weighted by Gasteiger charge is -2.01. The molecule has 0 spiro atoms. The van der Waals surface area contributed by atoms with Crippen LogP contribution in [0.1, 0.15) is 26.7 Å². The Morgan fingerprint density at radius 3 is 1.47 bits per heavy atom. The van der Waals surface area contributed by atoms with Crippen molar-refractivity contribution in [1.29, 1.82) is 0 Å². The van der Waals surface area contributed by atoms with Crippen molar-refractivity contribution < 1.29 is 39.9 Å². The molecule has 8 nitrogen and oxygen atoms in total. The van der Waals surface area contributed by atoms with Gasteiger partial charge in [-0.25, -0.2) is 0 Å². The summed E-state index contributed by atoms with van der Waals surface area (Å²) in [6, 6.07) is 0. The van der Waals surface area contributed by atoms with Crippen molar-refractivity contribution in [2.75, 3.05) is 6.61 Å². The highest BCUT2D eigenvalue weighted by Gasteiger charge is 2.03. The molecule has 0 aliphatic carbocycles. The van der Waals surface area contributed by atoms with E-state index in [1.54, 1.807) is 0 Å². The van der Waals surface area contributed by atoms with E-state index in [0.717, 1.165) is 13.8 Å². The van der Waals surface area contributed by atoms with Crippen LogP contribution in [-0.2, 0) is 14.4 Å². The van der Waals surface area contributed by atoms with Gasteiger partial charge in [0.2, 0.25) is 0 Å². The van der Waals surface area contributed by atoms with Gasteiger partial charge in [-0.2, -0.15) is 0 Å². The third-order valence-corrected chi connectivity index (χ3v) is 0.902. The zero-order valence-corrected chi connectivity index (χ0v) is 9.66. The number of carbonyl (C=O) groups is 3. The molecule has 0 rings (SSSR count). The van der Waals surface area contributed by atoms with Crippen LogP contribution in [0.4, 0.5) is 0 Å². The number of aliphatic hydroxyl groups excluding tert-OH is 2. The fraction of sp³-hybridized carbons (Fsp3) is 0.667. The molecule has 0 saturated heterocycles. The summed E-state index contributed by atoms with van der Waals surface area (Å²) in [5.74, 6) is -2.62. The van der Waals surface area contributed by atoms with Crippen molar-refractivity contribution in [2.24, 2.45) is 0 Å². The van der Waals surface area contributed by atoms with Gasteiger partial charge in [0.05, 0.1) is 12.7 Å². The van der Waals surface area contributed by atoms with Gasteiger partial charge in [0.25, 0.3) is 11.9 Å². The third-order valence-electron chi connectivity index (χ3n) is 0.902. The van der Waals surface area contributed by atoms with Gasteiger partial charge in [-0.05, 0) is 6.42 Å². The first-order valence-corrected chi connectivity index (χ1v) is 4.53. The van der Waals surface area contributed by atoms with Crippen LogP contribution in [0.3, 0.4) is 0 Å². The van der Waals surface area contributed by atoms with E-state index in [2.05, 4.69) is 0 Å². The van der Waals surface area contributed by atoms with Crippen molar-refractivity contribution >= 4 is 17.9 Å². The Hall–Kier alpha value is -1.67. The number of aliphatic carboxylic acids is 3. The first kappa shape index (κ1) is 20.7. The van der Waals surface area contributed by atoms with Gasteiger partial charge >= 0.3 is 5.97 Å². The van der Waals surface area contributed by atoms with Crippen LogP contribution in [-0.4, -0.2) is 56.2 Å². The van der Waals surface area contributed by atoms with E-state index in [0.29, 0.717) is 0 Å². The monoisotopic (exact) mass is 254 g/mol. The second-order valence-corrected chi connectivity index (χ2v) is 2.81. The van der Waals surface area contributed by atoms with Gasteiger partial charge < -0.3 is 25.5 Å².